The van der Waals surface area contributed by atoms with E-state index in [1.807, 2.05) is 12.3 Å². The smallest absolute Gasteiger partial charge is 0.238 e. The summed E-state index contributed by atoms with van der Waals surface area (Å²) in [6.45, 7) is 1.89. The number of nitrogens with one attached hydrogen (secondary N) is 1. The Kier molecular flexibility index (Phi) is 9.30. The zero-order valence-electron chi connectivity index (χ0n) is 19.2. The number of sulfonamides is 1. The van der Waals surface area contributed by atoms with Crippen molar-refractivity contribution in [3.63, 3.8) is 0 Å². The maximum Gasteiger partial charge on any atom is 0.238 e. The molecule has 0 bridgehead atoms. The van der Waals surface area contributed by atoms with Crippen LogP contribution in [0.4, 0.5) is 5.82 Å². The predicted molar refractivity (Wildman–Crippen MR) is 131 cm³/mol. The van der Waals surface area contributed by atoms with Gasteiger partial charge in [-0.2, -0.15) is 0 Å². The van der Waals surface area contributed by atoms with E-state index in [2.05, 4.69) is 15.3 Å². The molecule has 1 aromatic heterocycles. The average molecular weight is 509 g/mol. The summed E-state index contributed by atoms with van der Waals surface area (Å²) in [5, 5.41) is 9.31. The molecule has 0 radical (unpaired) electrons. The predicted octanol–water partition coefficient (Wildman–Crippen LogP) is 2.66. The van der Waals surface area contributed by atoms with E-state index in [1.54, 1.807) is 32.4 Å². The third kappa shape index (κ3) is 6.70. The lowest BCUT2D eigenvalue weighted by atomic mass is 10.2. The molecule has 0 saturated heterocycles. The first-order chi connectivity index (χ1) is 16.4. The number of methoxy groups -OCH3 is 2. The number of ether oxygens (including phenoxy) is 4. The summed E-state index contributed by atoms with van der Waals surface area (Å²) in [6, 6.07) is 8.41. The Bertz CT molecular complexity index is 1220. The summed E-state index contributed by atoms with van der Waals surface area (Å²) in [5.41, 5.74) is 1.44. The monoisotopic (exact) mass is 508 g/mol. The highest BCUT2D eigenvalue weighted by Gasteiger charge is 2.15. The van der Waals surface area contributed by atoms with Crippen LogP contribution >= 0.6 is 11.8 Å². The van der Waals surface area contributed by atoms with Gasteiger partial charge in [-0.1, -0.05) is 0 Å². The minimum Gasteiger partial charge on any atom is -0.487 e. The Morgan fingerprint density at radius 1 is 0.971 bits per heavy atom. The Hall–Kier alpha value is -2.64. The fourth-order valence-electron chi connectivity index (χ4n) is 3.15. The zero-order chi connectivity index (χ0) is 24.6. The van der Waals surface area contributed by atoms with Crippen LogP contribution in [0.3, 0.4) is 0 Å². The number of hydrogen-bond donors (Lipinski definition) is 2. The number of benzene rings is 2. The Morgan fingerprint density at radius 2 is 1.65 bits per heavy atom. The number of fused-ring (bicyclic) bond motifs is 1. The van der Waals surface area contributed by atoms with Crippen LogP contribution < -0.4 is 19.9 Å². The van der Waals surface area contributed by atoms with Crippen LogP contribution in [0.25, 0.3) is 10.9 Å². The van der Waals surface area contributed by atoms with Crippen LogP contribution in [-0.4, -0.2) is 65.3 Å². The second kappa shape index (κ2) is 12.2. The topological polar surface area (TPSA) is 135 Å². The molecule has 10 nitrogen and oxygen atoms in total. The van der Waals surface area contributed by atoms with Crippen LogP contribution in [0.15, 0.2) is 46.5 Å². The van der Waals surface area contributed by atoms with Crippen LogP contribution in [0.5, 0.6) is 11.5 Å². The number of thioether (sulfide) groups is 1. The Labute approximate surface area is 203 Å². The molecule has 0 spiro atoms. The molecule has 0 aliphatic heterocycles. The standard InChI is InChI=1S/C22H28N4O6S2/c1-29-6-8-31-19-11-17-18(12-20(19)32-9-7-30-2)25-14-26-22(17)24-13-15-10-16(34(23,27)28)4-5-21(15)33-3/h4-5,10-12,14H,6-9,13H2,1-3H3,(H2,23,27,28)(H,24,25,26). The fourth-order valence-corrected chi connectivity index (χ4v) is 4.31. The van der Waals surface area contributed by atoms with Gasteiger partial charge in [-0.15, -0.1) is 11.8 Å². The second-order valence-corrected chi connectivity index (χ2v) is 9.50. The maximum absolute atomic E-state index is 11.8. The zero-order valence-corrected chi connectivity index (χ0v) is 20.9. The molecular formula is C22H28N4O6S2. The van der Waals surface area contributed by atoms with E-state index in [-0.39, 0.29) is 4.90 Å². The van der Waals surface area contributed by atoms with Crippen molar-refractivity contribution in [2.45, 2.75) is 16.3 Å². The number of nitrogens with zero attached hydrogens (tertiary/aromatic N) is 2. The number of anilines is 1. The van der Waals surface area contributed by atoms with Crippen molar-refractivity contribution in [2.75, 3.05) is 52.2 Å². The van der Waals surface area contributed by atoms with Crippen LogP contribution in [0.1, 0.15) is 5.56 Å². The largest absolute Gasteiger partial charge is 0.487 e. The van der Waals surface area contributed by atoms with E-state index in [1.165, 1.54) is 24.2 Å². The number of rotatable bonds is 13. The molecule has 34 heavy (non-hydrogen) atoms. The molecule has 0 fully saturated rings. The normalized spacial score (nSPS) is 11.5. The number of primary sulfonamides is 1. The first-order valence-corrected chi connectivity index (χ1v) is 13.1. The van der Waals surface area contributed by atoms with Gasteiger partial charge < -0.3 is 24.3 Å². The van der Waals surface area contributed by atoms with Crippen LogP contribution in [0, 0.1) is 0 Å². The van der Waals surface area contributed by atoms with Gasteiger partial charge in [-0.05, 0) is 36.1 Å². The molecular weight excluding hydrogens is 480 g/mol. The molecule has 0 aliphatic rings. The van der Waals surface area contributed by atoms with Gasteiger partial charge >= 0.3 is 0 Å². The first-order valence-electron chi connectivity index (χ1n) is 10.3. The lowest BCUT2D eigenvalue weighted by Crippen LogP contribution is -2.13. The molecule has 1 heterocycles. The SMILES string of the molecule is COCCOc1cc2ncnc(NCc3cc(S(N)(=O)=O)ccc3SC)c2cc1OCCOC. The third-order valence-electron chi connectivity index (χ3n) is 4.82. The van der Waals surface area contributed by atoms with Gasteiger partial charge in [0.1, 0.15) is 25.4 Å². The highest BCUT2D eigenvalue weighted by atomic mass is 32.2. The Morgan fingerprint density at radius 3 is 2.26 bits per heavy atom. The lowest BCUT2D eigenvalue weighted by Gasteiger charge is -2.16. The van der Waals surface area contributed by atoms with Crippen molar-refractivity contribution in [1.82, 2.24) is 9.97 Å². The van der Waals surface area contributed by atoms with Crippen LogP contribution in [0.2, 0.25) is 0 Å². The van der Waals surface area contributed by atoms with Crippen molar-refractivity contribution in [1.29, 1.82) is 0 Å². The summed E-state index contributed by atoms with van der Waals surface area (Å²) in [6.07, 6.45) is 3.37. The molecule has 0 unspecified atom stereocenters. The number of hydrogen-bond acceptors (Lipinski definition) is 10. The minimum atomic E-state index is -3.81. The number of aromatic nitrogens is 2. The highest BCUT2D eigenvalue weighted by molar-refractivity contribution is 7.98. The van der Waals surface area contributed by atoms with E-state index in [0.29, 0.717) is 55.8 Å². The second-order valence-electron chi connectivity index (χ2n) is 7.09. The molecule has 0 saturated carbocycles. The quantitative estimate of drug-likeness (QED) is 0.262. The summed E-state index contributed by atoms with van der Waals surface area (Å²) < 4.78 is 45.4. The first kappa shape index (κ1) is 26.0. The highest BCUT2D eigenvalue weighted by Crippen LogP contribution is 2.34. The molecule has 3 N–H and O–H groups in total. The van der Waals surface area contributed by atoms with E-state index >= 15 is 0 Å². The van der Waals surface area contributed by atoms with Crippen LogP contribution in [-0.2, 0) is 26.0 Å². The van der Waals surface area contributed by atoms with E-state index in [0.717, 1.165) is 15.8 Å². The van der Waals surface area contributed by atoms with Gasteiger partial charge in [0.25, 0.3) is 0 Å². The van der Waals surface area contributed by atoms with E-state index < -0.39 is 10.0 Å². The molecule has 0 amide bonds. The van der Waals surface area contributed by atoms with E-state index in [4.69, 9.17) is 24.1 Å². The van der Waals surface area contributed by atoms with Gasteiger partial charge in [0.05, 0.1) is 23.6 Å². The van der Waals surface area contributed by atoms with Crippen molar-refractivity contribution in [2.24, 2.45) is 5.14 Å². The third-order valence-corrected chi connectivity index (χ3v) is 6.57. The van der Waals surface area contributed by atoms with Gasteiger partial charge in [-0.3, -0.25) is 0 Å². The van der Waals surface area contributed by atoms with Gasteiger partial charge in [0.15, 0.2) is 11.5 Å². The summed E-state index contributed by atoms with van der Waals surface area (Å²) in [7, 11) is -0.608. The molecule has 184 valence electrons. The van der Waals surface area contributed by atoms with Crippen molar-refractivity contribution in [3.8, 4) is 11.5 Å². The summed E-state index contributed by atoms with van der Waals surface area (Å²) >= 11 is 1.51. The minimum absolute atomic E-state index is 0.0568. The van der Waals surface area contributed by atoms with Gasteiger partial charge in [0, 0.05) is 37.1 Å². The maximum atomic E-state index is 11.8. The lowest BCUT2D eigenvalue weighted by molar-refractivity contribution is 0.132. The average Bonchev–Trinajstić information content (AvgIpc) is 2.82. The molecule has 0 aliphatic carbocycles. The molecule has 12 heteroatoms. The molecule has 0 atom stereocenters. The summed E-state index contributed by atoms with van der Waals surface area (Å²) in [4.78, 5) is 9.72. The van der Waals surface area contributed by atoms with E-state index in [9.17, 15) is 8.42 Å². The van der Waals surface area contributed by atoms with Gasteiger partial charge in [-0.25, -0.2) is 23.5 Å². The molecule has 3 aromatic rings. The Balaban J connectivity index is 1.93. The fraction of sp³-hybridized carbons (Fsp3) is 0.364. The molecule has 2 aromatic carbocycles. The molecule has 3 rings (SSSR count). The van der Waals surface area contributed by atoms with Crippen molar-refractivity contribution >= 4 is 38.5 Å². The number of nitrogens with two attached hydrogens (primary N) is 1. The van der Waals surface area contributed by atoms with Crippen molar-refractivity contribution in [3.05, 3.63) is 42.2 Å². The van der Waals surface area contributed by atoms with Crippen molar-refractivity contribution < 1.29 is 27.4 Å². The van der Waals surface area contributed by atoms with Gasteiger partial charge in [0.2, 0.25) is 10.0 Å². The summed E-state index contributed by atoms with van der Waals surface area (Å²) in [5.74, 6) is 1.63.